The molecule has 1 atom stereocenters. The van der Waals surface area contributed by atoms with E-state index in [1.807, 2.05) is 6.92 Å². The highest BCUT2D eigenvalue weighted by Gasteiger charge is 2.20. The zero-order valence-electron chi connectivity index (χ0n) is 11.8. The Morgan fingerprint density at radius 2 is 2.41 bits per heavy atom. The number of amides is 1. The van der Waals surface area contributed by atoms with E-state index in [2.05, 4.69) is 14.7 Å². The molecule has 0 spiro atoms. The monoisotopic (exact) mass is 339 g/mol. The van der Waals surface area contributed by atoms with Gasteiger partial charge in [0.15, 0.2) is 0 Å². The van der Waals surface area contributed by atoms with Crippen molar-refractivity contribution in [2.75, 3.05) is 18.5 Å². The molecule has 0 radical (unpaired) electrons. The molecule has 6 nitrogen and oxygen atoms in total. The van der Waals surface area contributed by atoms with Gasteiger partial charge in [-0.05, 0) is 30.6 Å². The van der Waals surface area contributed by atoms with Crippen molar-refractivity contribution in [3.05, 3.63) is 34.6 Å². The van der Waals surface area contributed by atoms with Gasteiger partial charge >= 0.3 is 0 Å². The van der Waals surface area contributed by atoms with Crippen LogP contribution in [-0.4, -0.2) is 34.6 Å². The van der Waals surface area contributed by atoms with Crippen LogP contribution in [0.5, 0.6) is 5.88 Å². The van der Waals surface area contributed by atoms with Crippen molar-refractivity contribution in [2.24, 2.45) is 0 Å². The summed E-state index contributed by atoms with van der Waals surface area (Å²) >= 11 is 7.37. The zero-order valence-corrected chi connectivity index (χ0v) is 13.4. The number of carbonyl (C=O) groups excluding carboxylic acids is 1. The third-order valence-corrected chi connectivity index (χ3v) is 4.17. The molecule has 0 saturated carbocycles. The second-order valence-corrected chi connectivity index (χ2v) is 6.11. The molecule has 0 aliphatic carbocycles. The lowest BCUT2D eigenvalue weighted by atomic mass is 10.2. The van der Waals surface area contributed by atoms with Crippen LogP contribution < -0.4 is 10.1 Å². The molecule has 3 heterocycles. The van der Waals surface area contributed by atoms with Gasteiger partial charge in [0.2, 0.25) is 5.88 Å². The second-order valence-electron chi connectivity index (χ2n) is 4.90. The lowest BCUT2D eigenvalue weighted by Gasteiger charge is -2.12. The number of aryl methyl sites for hydroxylation is 1. The molecule has 3 rings (SSSR count). The lowest BCUT2D eigenvalue weighted by Crippen LogP contribution is -2.17. The van der Waals surface area contributed by atoms with Gasteiger partial charge in [-0.2, -0.15) is 4.37 Å². The Hall–Kier alpha value is -1.70. The van der Waals surface area contributed by atoms with Gasteiger partial charge in [0.25, 0.3) is 5.91 Å². The third-order valence-electron chi connectivity index (χ3n) is 3.10. The van der Waals surface area contributed by atoms with E-state index >= 15 is 0 Å². The van der Waals surface area contributed by atoms with E-state index in [4.69, 9.17) is 21.1 Å². The highest BCUT2D eigenvalue weighted by Crippen LogP contribution is 2.26. The number of hydrogen-bond donors (Lipinski definition) is 1. The Balaban J connectivity index is 1.69. The highest BCUT2D eigenvalue weighted by atomic mass is 35.5. The standard InChI is InChI=1S/C14H14ClN3O3S/c1-8-4-12(22-18-8)17-13(19)9-5-11(15)14(16-6-9)21-10-2-3-20-7-10/h4-6,10H,2-3,7H2,1H3,(H,17,19)/t10-/m0/s1. The fourth-order valence-electron chi connectivity index (χ4n) is 2.01. The number of anilines is 1. The zero-order chi connectivity index (χ0) is 15.5. The van der Waals surface area contributed by atoms with E-state index in [1.54, 1.807) is 12.1 Å². The van der Waals surface area contributed by atoms with Crippen LogP contribution in [0.25, 0.3) is 0 Å². The number of ether oxygens (including phenoxy) is 2. The average Bonchev–Trinajstić information content (AvgIpc) is 3.13. The first-order valence-electron chi connectivity index (χ1n) is 6.76. The van der Waals surface area contributed by atoms with Gasteiger partial charge < -0.3 is 14.8 Å². The molecule has 1 fully saturated rings. The molecule has 1 amide bonds. The van der Waals surface area contributed by atoms with Crippen LogP contribution in [0.15, 0.2) is 18.3 Å². The Kier molecular flexibility index (Phi) is 4.56. The van der Waals surface area contributed by atoms with Crippen molar-refractivity contribution in [1.82, 2.24) is 9.36 Å². The summed E-state index contributed by atoms with van der Waals surface area (Å²) in [6, 6.07) is 3.35. The maximum atomic E-state index is 12.1. The first-order chi connectivity index (χ1) is 10.6. The summed E-state index contributed by atoms with van der Waals surface area (Å²) in [7, 11) is 0. The van der Waals surface area contributed by atoms with E-state index < -0.39 is 0 Å². The maximum Gasteiger partial charge on any atom is 0.257 e. The number of nitrogens with zero attached hydrogens (tertiary/aromatic N) is 2. The molecular formula is C14H14ClN3O3S. The van der Waals surface area contributed by atoms with E-state index in [-0.39, 0.29) is 12.0 Å². The van der Waals surface area contributed by atoms with E-state index in [1.165, 1.54) is 17.7 Å². The number of nitrogens with one attached hydrogen (secondary N) is 1. The summed E-state index contributed by atoms with van der Waals surface area (Å²) in [4.78, 5) is 16.3. The van der Waals surface area contributed by atoms with Crippen LogP contribution >= 0.6 is 23.1 Å². The van der Waals surface area contributed by atoms with Crippen molar-refractivity contribution >= 4 is 34.0 Å². The van der Waals surface area contributed by atoms with Gasteiger partial charge in [-0.1, -0.05) is 11.6 Å². The van der Waals surface area contributed by atoms with Gasteiger partial charge in [0.05, 0.1) is 24.5 Å². The molecule has 116 valence electrons. The fraction of sp³-hybridized carbons (Fsp3) is 0.357. The summed E-state index contributed by atoms with van der Waals surface area (Å²) < 4.78 is 15.0. The molecule has 22 heavy (non-hydrogen) atoms. The van der Waals surface area contributed by atoms with Crippen LogP contribution in [0.2, 0.25) is 5.02 Å². The number of halogens is 1. The molecule has 1 saturated heterocycles. The Bertz CT molecular complexity index is 686. The Morgan fingerprint density at radius 3 is 3.05 bits per heavy atom. The van der Waals surface area contributed by atoms with Crippen molar-refractivity contribution in [3.8, 4) is 5.88 Å². The molecular weight excluding hydrogens is 326 g/mol. The molecule has 1 aliphatic rings. The Labute approximate surface area is 136 Å². The molecule has 0 bridgehead atoms. The van der Waals surface area contributed by atoms with Crippen molar-refractivity contribution in [3.63, 3.8) is 0 Å². The molecule has 1 aliphatic heterocycles. The second kappa shape index (κ2) is 6.60. The molecule has 0 aromatic carbocycles. The largest absolute Gasteiger partial charge is 0.471 e. The summed E-state index contributed by atoms with van der Waals surface area (Å²) in [6.45, 7) is 3.07. The minimum atomic E-state index is -0.284. The average molecular weight is 340 g/mol. The minimum absolute atomic E-state index is 0.0372. The van der Waals surface area contributed by atoms with Gasteiger partial charge in [-0.3, -0.25) is 4.79 Å². The lowest BCUT2D eigenvalue weighted by molar-refractivity contribution is 0.102. The third kappa shape index (κ3) is 3.55. The van der Waals surface area contributed by atoms with Crippen molar-refractivity contribution < 1.29 is 14.3 Å². The first kappa shape index (κ1) is 15.2. The van der Waals surface area contributed by atoms with Crippen molar-refractivity contribution in [1.29, 1.82) is 0 Å². The number of carbonyl (C=O) groups is 1. The molecule has 8 heteroatoms. The summed E-state index contributed by atoms with van der Waals surface area (Å²) in [5.41, 5.74) is 1.23. The van der Waals surface area contributed by atoms with Crippen LogP contribution in [0.4, 0.5) is 5.00 Å². The predicted octanol–water partition coefficient (Wildman–Crippen LogP) is 2.92. The summed E-state index contributed by atoms with van der Waals surface area (Å²) in [5, 5.41) is 3.74. The van der Waals surface area contributed by atoms with Crippen LogP contribution in [-0.2, 0) is 4.74 Å². The molecule has 1 N–H and O–H groups in total. The number of rotatable bonds is 4. The minimum Gasteiger partial charge on any atom is -0.471 e. The van der Waals surface area contributed by atoms with E-state index in [0.717, 1.165) is 12.1 Å². The quantitative estimate of drug-likeness (QED) is 0.927. The normalized spacial score (nSPS) is 17.5. The van der Waals surface area contributed by atoms with Gasteiger partial charge in [-0.25, -0.2) is 4.98 Å². The number of hydrogen-bond acceptors (Lipinski definition) is 6. The van der Waals surface area contributed by atoms with E-state index in [9.17, 15) is 4.79 Å². The summed E-state index contributed by atoms with van der Waals surface area (Å²) in [6.07, 6.45) is 2.22. The molecule has 2 aromatic rings. The molecule has 2 aromatic heterocycles. The van der Waals surface area contributed by atoms with Gasteiger partial charge in [0, 0.05) is 12.6 Å². The van der Waals surface area contributed by atoms with Crippen LogP contribution in [0.3, 0.4) is 0 Å². The Morgan fingerprint density at radius 1 is 1.55 bits per heavy atom. The maximum absolute atomic E-state index is 12.1. The number of pyridine rings is 1. The summed E-state index contributed by atoms with van der Waals surface area (Å²) in [5.74, 6) is 0.0381. The predicted molar refractivity (Wildman–Crippen MR) is 83.9 cm³/mol. The van der Waals surface area contributed by atoms with Gasteiger partial charge in [0.1, 0.15) is 16.1 Å². The van der Waals surface area contributed by atoms with Crippen molar-refractivity contribution in [2.45, 2.75) is 19.4 Å². The van der Waals surface area contributed by atoms with E-state index in [0.29, 0.717) is 34.7 Å². The fourth-order valence-corrected chi connectivity index (χ4v) is 2.87. The highest BCUT2D eigenvalue weighted by molar-refractivity contribution is 7.10. The van der Waals surface area contributed by atoms with Gasteiger partial charge in [-0.15, -0.1) is 0 Å². The SMILES string of the molecule is Cc1cc(NC(=O)c2cnc(O[C@H]3CCOC3)c(Cl)c2)sn1. The van der Waals surface area contributed by atoms with Crippen LogP contribution in [0, 0.1) is 6.92 Å². The topological polar surface area (TPSA) is 73.3 Å². The number of aromatic nitrogens is 2. The van der Waals surface area contributed by atoms with Crippen LogP contribution in [0.1, 0.15) is 22.5 Å². The molecule has 0 unspecified atom stereocenters. The smallest absolute Gasteiger partial charge is 0.257 e. The first-order valence-corrected chi connectivity index (χ1v) is 7.91.